The van der Waals surface area contributed by atoms with Crippen LogP contribution >= 0.6 is 0 Å². The van der Waals surface area contributed by atoms with E-state index < -0.39 is 29.0 Å². The molecule has 0 spiro atoms. The van der Waals surface area contributed by atoms with Crippen molar-refractivity contribution in [2.75, 3.05) is 19.7 Å². The molecular weight excluding hydrogens is 366 g/mol. The molecule has 150 valence electrons. The minimum atomic E-state index is -4.75. The van der Waals surface area contributed by atoms with Gasteiger partial charge in [0.15, 0.2) is 0 Å². The number of benzene rings is 1. The molecule has 0 bridgehead atoms. The van der Waals surface area contributed by atoms with Crippen molar-refractivity contribution in [2.24, 2.45) is 5.92 Å². The lowest BCUT2D eigenvalue weighted by molar-refractivity contribution is -0.150. The number of amides is 1. The Morgan fingerprint density at radius 3 is 2.44 bits per heavy atom. The zero-order valence-corrected chi connectivity index (χ0v) is 15.2. The second-order valence-electron chi connectivity index (χ2n) is 6.63. The minimum absolute atomic E-state index is 0.126. The van der Waals surface area contributed by atoms with Crippen LogP contribution in [0.15, 0.2) is 18.2 Å². The first-order valence-electron chi connectivity index (χ1n) is 9.06. The number of likely N-dealkylation sites (tertiary alicyclic amines) is 1. The summed E-state index contributed by atoms with van der Waals surface area (Å²) in [6.45, 7) is 2.64. The summed E-state index contributed by atoms with van der Waals surface area (Å²) in [5.74, 6) is -2.49. The molecule has 1 aromatic rings. The van der Waals surface area contributed by atoms with Gasteiger partial charge in [-0.1, -0.05) is 19.8 Å². The highest BCUT2D eigenvalue weighted by Gasteiger charge is 2.37. The third-order valence-electron chi connectivity index (χ3n) is 4.63. The van der Waals surface area contributed by atoms with E-state index in [4.69, 9.17) is 4.74 Å². The molecule has 1 aliphatic rings. The van der Waals surface area contributed by atoms with Crippen LogP contribution in [0.4, 0.5) is 17.6 Å². The number of esters is 1. The first kappa shape index (κ1) is 21.2. The summed E-state index contributed by atoms with van der Waals surface area (Å²) in [7, 11) is 0. The zero-order valence-electron chi connectivity index (χ0n) is 15.2. The van der Waals surface area contributed by atoms with Crippen molar-refractivity contribution in [3.8, 4) is 0 Å². The van der Waals surface area contributed by atoms with E-state index in [9.17, 15) is 27.2 Å². The van der Waals surface area contributed by atoms with Gasteiger partial charge in [0.1, 0.15) is 5.82 Å². The van der Waals surface area contributed by atoms with Crippen LogP contribution in [0.5, 0.6) is 0 Å². The summed E-state index contributed by atoms with van der Waals surface area (Å²) in [4.78, 5) is 25.7. The van der Waals surface area contributed by atoms with Crippen LogP contribution in [-0.4, -0.2) is 36.5 Å². The molecule has 0 atom stereocenters. The normalized spacial score (nSPS) is 15.7. The van der Waals surface area contributed by atoms with Crippen LogP contribution < -0.4 is 0 Å². The van der Waals surface area contributed by atoms with Gasteiger partial charge in [-0.25, -0.2) is 4.39 Å². The first-order valence-corrected chi connectivity index (χ1v) is 9.06. The van der Waals surface area contributed by atoms with Crippen LogP contribution in [0, 0.1) is 11.7 Å². The number of rotatable bonds is 6. The van der Waals surface area contributed by atoms with Gasteiger partial charge in [0.25, 0.3) is 5.91 Å². The van der Waals surface area contributed by atoms with Crippen molar-refractivity contribution in [3.05, 3.63) is 35.1 Å². The maximum atomic E-state index is 13.4. The molecule has 1 amide bonds. The molecule has 2 rings (SSSR count). The Morgan fingerprint density at radius 2 is 1.85 bits per heavy atom. The van der Waals surface area contributed by atoms with Gasteiger partial charge < -0.3 is 9.64 Å². The summed E-state index contributed by atoms with van der Waals surface area (Å²) in [6, 6.07) is 1.86. The van der Waals surface area contributed by atoms with Crippen LogP contribution in [0.2, 0.25) is 0 Å². The molecule has 4 nitrogen and oxygen atoms in total. The largest absolute Gasteiger partial charge is 0.465 e. The number of piperidine rings is 1. The quantitative estimate of drug-likeness (QED) is 0.411. The highest BCUT2D eigenvalue weighted by molar-refractivity contribution is 5.96. The number of unbranched alkanes of at least 4 members (excludes halogenated alkanes) is 2. The molecule has 27 heavy (non-hydrogen) atoms. The summed E-state index contributed by atoms with van der Waals surface area (Å²) in [5.41, 5.74) is -1.87. The third kappa shape index (κ3) is 5.68. The maximum Gasteiger partial charge on any atom is 0.417 e. The fourth-order valence-corrected chi connectivity index (χ4v) is 3.07. The predicted molar refractivity (Wildman–Crippen MR) is 90.5 cm³/mol. The SMILES string of the molecule is CCCCCOC(=O)C1CCN(C(=O)c2cc(F)ccc2C(F)(F)F)CC1. The number of hydrogen-bond acceptors (Lipinski definition) is 3. The first-order chi connectivity index (χ1) is 12.7. The van der Waals surface area contributed by atoms with Gasteiger partial charge in [0, 0.05) is 13.1 Å². The average Bonchev–Trinajstić information content (AvgIpc) is 2.63. The monoisotopic (exact) mass is 389 g/mol. The van der Waals surface area contributed by atoms with Crippen molar-refractivity contribution in [3.63, 3.8) is 0 Å². The fraction of sp³-hybridized carbons (Fsp3) is 0.579. The van der Waals surface area contributed by atoms with E-state index in [-0.39, 0.29) is 25.0 Å². The maximum absolute atomic E-state index is 13.4. The lowest BCUT2D eigenvalue weighted by Crippen LogP contribution is -2.41. The van der Waals surface area contributed by atoms with Crippen molar-refractivity contribution in [2.45, 2.75) is 45.2 Å². The van der Waals surface area contributed by atoms with Crippen molar-refractivity contribution < 1.29 is 31.9 Å². The average molecular weight is 389 g/mol. The summed E-state index contributed by atoms with van der Waals surface area (Å²) < 4.78 is 57.9. The van der Waals surface area contributed by atoms with Crippen LogP contribution in [0.3, 0.4) is 0 Å². The van der Waals surface area contributed by atoms with Gasteiger partial charge in [0.2, 0.25) is 0 Å². The van der Waals surface area contributed by atoms with E-state index in [1.165, 1.54) is 4.90 Å². The molecule has 1 fully saturated rings. The zero-order chi connectivity index (χ0) is 20.0. The number of halogens is 4. The summed E-state index contributed by atoms with van der Waals surface area (Å²) in [6.07, 6.45) is -1.35. The third-order valence-corrected chi connectivity index (χ3v) is 4.63. The van der Waals surface area contributed by atoms with E-state index in [1.54, 1.807) is 0 Å². The molecule has 1 heterocycles. The lowest BCUT2D eigenvalue weighted by atomic mass is 9.96. The Balaban J connectivity index is 1.97. The highest BCUT2D eigenvalue weighted by atomic mass is 19.4. The number of hydrogen-bond donors (Lipinski definition) is 0. The minimum Gasteiger partial charge on any atom is -0.465 e. The molecule has 0 aliphatic carbocycles. The number of alkyl halides is 3. The molecule has 0 radical (unpaired) electrons. The summed E-state index contributed by atoms with van der Waals surface area (Å²) in [5, 5.41) is 0. The van der Waals surface area contributed by atoms with E-state index in [0.717, 1.165) is 19.3 Å². The summed E-state index contributed by atoms with van der Waals surface area (Å²) >= 11 is 0. The van der Waals surface area contributed by atoms with Crippen molar-refractivity contribution in [1.82, 2.24) is 4.90 Å². The van der Waals surface area contributed by atoms with Crippen LogP contribution in [0.1, 0.15) is 54.9 Å². The standard InChI is InChI=1S/C19H23F4NO3/c1-2-3-4-11-27-18(26)13-7-9-24(10-8-13)17(25)15-12-14(20)5-6-16(15)19(21,22)23/h5-6,12-13H,2-4,7-11H2,1H3. The molecule has 8 heteroatoms. The van der Waals surface area contributed by atoms with Gasteiger partial charge in [-0.3, -0.25) is 9.59 Å². The topological polar surface area (TPSA) is 46.6 Å². The van der Waals surface area contributed by atoms with Gasteiger partial charge >= 0.3 is 12.1 Å². The second-order valence-corrected chi connectivity index (χ2v) is 6.63. The Bertz CT molecular complexity index is 667. The van der Waals surface area contributed by atoms with Crippen molar-refractivity contribution >= 4 is 11.9 Å². The molecule has 0 unspecified atom stereocenters. The van der Waals surface area contributed by atoms with E-state index in [2.05, 4.69) is 0 Å². The predicted octanol–water partition coefficient (Wildman–Crippen LogP) is 4.43. The molecule has 0 aromatic heterocycles. The van der Waals surface area contributed by atoms with Gasteiger partial charge in [-0.2, -0.15) is 13.2 Å². The van der Waals surface area contributed by atoms with Gasteiger partial charge in [0.05, 0.1) is 23.7 Å². The highest BCUT2D eigenvalue weighted by Crippen LogP contribution is 2.33. The van der Waals surface area contributed by atoms with Crippen LogP contribution in [0.25, 0.3) is 0 Å². The second kappa shape index (κ2) is 9.19. The van der Waals surface area contributed by atoms with Gasteiger partial charge in [-0.15, -0.1) is 0 Å². The molecule has 1 saturated heterocycles. The number of ether oxygens (including phenoxy) is 1. The van der Waals surface area contributed by atoms with E-state index in [0.29, 0.717) is 37.6 Å². The molecular formula is C19H23F4NO3. The Hall–Kier alpha value is -2.12. The Morgan fingerprint density at radius 1 is 1.19 bits per heavy atom. The Kier molecular flexibility index (Phi) is 7.21. The lowest BCUT2D eigenvalue weighted by Gasteiger charge is -2.31. The molecule has 1 aromatic carbocycles. The van der Waals surface area contributed by atoms with Crippen LogP contribution in [-0.2, 0) is 15.7 Å². The van der Waals surface area contributed by atoms with Crippen molar-refractivity contribution in [1.29, 1.82) is 0 Å². The van der Waals surface area contributed by atoms with E-state index >= 15 is 0 Å². The molecule has 0 N–H and O–H groups in total. The molecule has 0 saturated carbocycles. The number of carbonyl (C=O) groups is 2. The smallest absolute Gasteiger partial charge is 0.417 e. The number of carbonyl (C=O) groups excluding carboxylic acids is 2. The molecule has 1 aliphatic heterocycles. The number of nitrogens with zero attached hydrogens (tertiary/aromatic N) is 1. The Labute approximate surface area is 155 Å². The fourth-order valence-electron chi connectivity index (χ4n) is 3.07. The van der Waals surface area contributed by atoms with E-state index in [1.807, 2.05) is 6.92 Å². The van der Waals surface area contributed by atoms with Gasteiger partial charge in [-0.05, 0) is 37.5 Å².